The highest BCUT2D eigenvalue weighted by Crippen LogP contribution is 2.22. The van der Waals surface area contributed by atoms with E-state index in [0.717, 1.165) is 11.0 Å². The molecule has 0 fully saturated rings. The number of methoxy groups -OCH3 is 1. The van der Waals surface area contributed by atoms with Crippen molar-refractivity contribution >= 4 is 26.8 Å². The van der Waals surface area contributed by atoms with E-state index in [1.54, 1.807) is 29.9 Å². The summed E-state index contributed by atoms with van der Waals surface area (Å²) in [4.78, 5) is 4.18. The number of imidazole rings is 1. The summed E-state index contributed by atoms with van der Waals surface area (Å²) in [6.07, 6.45) is 1.20. The molecule has 0 aliphatic carbocycles. The van der Waals surface area contributed by atoms with Crippen LogP contribution in [-0.4, -0.2) is 37.1 Å². The zero-order valence-corrected chi connectivity index (χ0v) is 11.1. The Hall–Kier alpha value is -1.76. The van der Waals surface area contributed by atoms with Crippen molar-refractivity contribution in [3.05, 3.63) is 18.2 Å². The number of aromatic nitrogens is 2. The SMILES string of the molecule is COc1ccc2nc(N)n(CCS(C)(=O)=O)c2c1. The third-order valence-electron chi connectivity index (χ3n) is 2.67. The molecule has 0 spiro atoms. The Morgan fingerprint density at radius 1 is 1.44 bits per heavy atom. The molecule has 7 heteroatoms. The van der Waals surface area contributed by atoms with E-state index >= 15 is 0 Å². The summed E-state index contributed by atoms with van der Waals surface area (Å²) in [5, 5.41) is 0. The zero-order valence-electron chi connectivity index (χ0n) is 10.3. The van der Waals surface area contributed by atoms with E-state index in [0.29, 0.717) is 11.7 Å². The Morgan fingerprint density at radius 3 is 2.78 bits per heavy atom. The Morgan fingerprint density at radius 2 is 2.17 bits per heavy atom. The zero-order chi connectivity index (χ0) is 13.3. The first kappa shape index (κ1) is 12.7. The van der Waals surface area contributed by atoms with E-state index in [-0.39, 0.29) is 12.3 Å². The first-order chi connectivity index (χ1) is 8.40. The highest BCUT2D eigenvalue weighted by atomic mass is 32.2. The van der Waals surface area contributed by atoms with Crippen LogP contribution < -0.4 is 10.5 Å². The minimum absolute atomic E-state index is 0.0276. The van der Waals surface area contributed by atoms with Crippen molar-refractivity contribution in [2.24, 2.45) is 0 Å². The maximum atomic E-state index is 11.2. The van der Waals surface area contributed by atoms with E-state index < -0.39 is 9.84 Å². The first-order valence-corrected chi connectivity index (χ1v) is 7.44. The Balaban J connectivity index is 2.45. The summed E-state index contributed by atoms with van der Waals surface area (Å²) in [6, 6.07) is 5.37. The molecule has 1 aromatic carbocycles. The summed E-state index contributed by atoms with van der Waals surface area (Å²) in [5.74, 6) is 1.02. The van der Waals surface area contributed by atoms with Crippen molar-refractivity contribution < 1.29 is 13.2 Å². The van der Waals surface area contributed by atoms with E-state index in [1.165, 1.54) is 6.26 Å². The Kier molecular flexibility index (Phi) is 3.16. The minimum atomic E-state index is -3.04. The lowest BCUT2D eigenvalue weighted by molar-refractivity contribution is 0.415. The quantitative estimate of drug-likeness (QED) is 0.881. The maximum absolute atomic E-state index is 11.2. The van der Waals surface area contributed by atoms with Crippen molar-refractivity contribution in [1.82, 2.24) is 9.55 Å². The van der Waals surface area contributed by atoms with Gasteiger partial charge in [-0.2, -0.15) is 0 Å². The molecule has 0 aliphatic heterocycles. The fourth-order valence-corrected chi connectivity index (χ4v) is 2.25. The van der Waals surface area contributed by atoms with Gasteiger partial charge in [-0.05, 0) is 12.1 Å². The average Bonchev–Trinajstić information content (AvgIpc) is 2.60. The molecule has 6 nitrogen and oxygen atoms in total. The summed E-state index contributed by atoms with van der Waals surface area (Å²) >= 11 is 0. The molecule has 0 atom stereocenters. The van der Waals surface area contributed by atoms with E-state index in [9.17, 15) is 8.42 Å². The lowest BCUT2D eigenvalue weighted by Crippen LogP contribution is -2.12. The number of anilines is 1. The van der Waals surface area contributed by atoms with Crippen molar-refractivity contribution in [1.29, 1.82) is 0 Å². The van der Waals surface area contributed by atoms with Crippen LogP contribution in [0.2, 0.25) is 0 Å². The number of nitrogens with two attached hydrogens (primary N) is 1. The van der Waals surface area contributed by atoms with Crippen molar-refractivity contribution in [2.45, 2.75) is 6.54 Å². The smallest absolute Gasteiger partial charge is 0.201 e. The molecule has 98 valence electrons. The first-order valence-electron chi connectivity index (χ1n) is 5.38. The molecule has 0 amide bonds. The van der Waals surface area contributed by atoms with Gasteiger partial charge in [0.25, 0.3) is 0 Å². The molecule has 0 unspecified atom stereocenters. The van der Waals surface area contributed by atoms with Gasteiger partial charge in [-0.15, -0.1) is 0 Å². The van der Waals surface area contributed by atoms with Crippen LogP contribution in [0.3, 0.4) is 0 Å². The summed E-state index contributed by atoms with van der Waals surface area (Å²) < 4.78 is 29.2. The van der Waals surface area contributed by atoms with Crippen LogP contribution >= 0.6 is 0 Å². The van der Waals surface area contributed by atoms with Crippen LogP contribution in [0, 0.1) is 0 Å². The van der Waals surface area contributed by atoms with Gasteiger partial charge in [-0.1, -0.05) is 0 Å². The van der Waals surface area contributed by atoms with Gasteiger partial charge < -0.3 is 15.0 Å². The Labute approximate surface area is 105 Å². The third-order valence-corrected chi connectivity index (χ3v) is 3.59. The molecule has 0 saturated heterocycles. The van der Waals surface area contributed by atoms with Gasteiger partial charge in [0.05, 0.1) is 23.9 Å². The predicted octanol–water partition coefficient (Wildman–Crippen LogP) is 0.672. The number of nitrogen functional groups attached to an aromatic ring is 1. The highest BCUT2D eigenvalue weighted by molar-refractivity contribution is 7.90. The molecule has 0 saturated carbocycles. The van der Waals surface area contributed by atoms with Gasteiger partial charge in [0.2, 0.25) is 5.95 Å². The van der Waals surface area contributed by atoms with Gasteiger partial charge >= 0.3 is 0 Å². The van der Waals surface area contributed by atoms with Gasteiger partial charge in [0.15, 0.2) is 0 Å². The number of rotatable bonds is 4. The standard InChI is InChI=1S/C11H15N3O3S/c1-17-8-3-4-9-10(7-8)14(11(12)13-9)5-6-18(2,15)16/h3-4,7H,5-6H2,1-2H3,(H2,12,13). The van der Waals surface area contributed by atoms with E-state index in [1.807, 2.05) is 0 Å². The van der Waals surface area contributed by atoms with Crippen LogP contribution in [0.5, 0.6) is 5.75 Å². The molecule has 2 aromatic rings. The fraction of sp³-hybridized carbons (Fsp3) is 0.364. The number of aryl methyl sites for hydroxylation is 1. The molecule has 2 N–H and O–H groups in total. The number of hydrogen-bond acceptors (Lipinski definition) is 5. The lowest BCUT2D eigenvalue weighted by Gasteiger charge is -2.06. The van der Waals surface area contributed by atoms with Crippen molar-refractivity contribution in [2.75, 3.05) is 24.9 Å². The fourth-order valence-electron chi connectivity index (χ4n) is 1.74. The summed E-state index contributed by atoms with van der Waals surface area (Å²) in [5.41, 5.74) is 7.29. The molecule has 1 heterocycles. The maximum Gasteiger partial charge on any atom is 0.201 e. The molecular weight excluding hydrogens is 254 g/mol. The van der Waals surface area contributed by atoms with Crippen LogP contribution in [0.15, 0.2) is 18.2 Å². The average molecular weight is 269 g/mol. The van der Waals surface area contributed by atoms with Crippen LogP contribution in [0.25, 0.3) is 11.0 Å². The van der Waals surface area contributed by atoms with Crippen molar-refractivity contribution in [3.63, 3.8) is 0 Å². The van der Waals surface area contributed by atoms with Crippen molar-refractivity contribution in [3.8, 4) is 5.75 Å². The number of benzene rings is 1. The summed E-state index contributed by atoms with van der Waals surface area (Å²) in [6.45, 7) is 0.286. The number of nitrogens with zero attached hydrogens (tertiary/aromatic N) is 2. The number of fused-ring (bicyclic) bond motifs is 1. The normalized spacial score (nSPS) is 11.9. The summed E-state index contributed by atoms with van der Waals surface area (Å²) in [7, 11) is -1.47. The third kappa shape index (κ3) is 2.56. The largest absolute Gasteiger partial charge is 0.497 e. The monoisotopic (exact) mass is 269 g/mol. The lowest BCUT2D eigenvalue weighted by atomic mass is 10.3. The molecule has 1 aromatic heterocycles. The van der Waals surface area contributed by atoms with Gasteiger partial charge in [-0.3, -0.25) is 0 Å². The predicted molar refractivity (Wildman–Crippen MR) is 70.4 cm³/mol. The van der Waals surface area contributed by atoms with E-state index in [2.05, 4.69) is 4.98 Å². The minimum Gasteiger partial charge on any atom is -0.497 e. The van der Waals surface area contributed by atoms with Crippen LogP contribution in [0.1, 0.15) is 0 Å². The molecule has 18 heavy (non-hydrogen) atoms. The number of ether oxygens (including phenoxy) is 1. The van der Waals surface area contributed by atoms with Crippen LogP contribution in [-0.2, 0) is 16.4 Å². The molecule has 0 bridgehead atoms. The van der Waals surface area contributed by atoms with Crippen LogP contribution in [0.4, 0.5) is 5.95 Å². The topological polar surface area (TPSA) is 87.2 Å². The number of sulfone groups is 1. The second-order valence-electron chi connectivity index (χ2n) is 4.11. The van der Waals surface area contributed by atoms with Gasteiger partial charge in [0.1, 0.15) is 15.6 Å². The van der Waals surface area contributed by atoms with Gasteiger partial charge in [0, 0.05) is 18.9 Å². The van der Waals surface area contributed by atoms with Gasteiger partial charge in [-0.25, -0.2) is 13.4 Å². The van der Waals surface area contributed by atoms with E-state index in [4.69, 9.17) is 10.5 Å². The molecular formula is C11H15N3O3S. The Bertz CT molecular complexity index is 676. The second-order valence-corrected chi connectivity index (χ2v) is 6.37. The number of hydrogen-bond donors (Lipinski definition) is 1. The molecule has 2 rings (SSSR count). The molecule has 0 radical (unpaired) electrons. The highest BCUT2D eigenvalue weighted by Gasteiger charge is 2.11. The molecule has 0 aliphatic rings. The second kappa shape index (κ2) is 4.49.